The number of aromatic nitrogens is 1. The fourth-order valence-electron chi connectivity index (χ4n) is 0.891. The second-order valence-electron chi connectivity index (χ2n) is 2.32. The van der Waals surface area contributed by atoms with Gasteiger partial charge in [0.1, 0.15) is 5.75 Å². The van der Waals surface area contributed by atoms with Crippen molar-refractivity contribution in [2.45, 2.75) is 13.0 Å². The molecule has 0 spiro atoms. The van der Waals surface area contributed by atoms with Crippen LogP contribution in [0.2, 0.25) is 0 Å². The van der Waals surface area contributed by atoms with Gasteiger partial charge in [0.05, 0.1) is 11.3 Å². The Morgan fingerprint density at radius 2 is 2.23 bits per heavy atom. The summed E-state index contributed by atoms with van der Waals surface area (Å²) in [5.74, 6) is -0.496. The summed E-state index contributed by atoms with van der Waals surface area (Å²) in [5, 5.41) is 9.31. The minimum atomic E-state index is -2.71. The number of aromatic hydroxyl groups is 1. The highest BCUT2D eigenvalue weighted by Crippen LogP contribution is 2.33. The van der Waals surface area contributed by atoms with Gasteiger partial charge in [-0.2, -0.15) is 0 Å². The first-order valence-corrected chi connectivity index (χ1v) is 4.50. The zero-order valence-corrected chi connectivity index (χ0v) is 8.62. The van der Waals surface area contributed by atoms with Crippen LogP contribution in [-0.4, -0.2) is 10.1 Å². The van der Waals surface area contributed by atoms with Crippen molar-refractivity contribution in [1.82, 2.24) is 4.98 Å². The molecule has 6 heteroatoms. The van der Waals surface area contributed by atoms with E-state index in [9.17, 15) is 13.9 Å². The van der Waals surface area contributed by atoms with Crippen LogP contribution in [0, 0.1) is 3.57 Å². The fourth-order valence-corrected chi connectivity index (χ4v) is 1.52. The molecule has 0 aliphatic rings. The highest BCUT2D eigenvalue weighted by molar-refractivity contribution is 14.1. The third kappa shape index (κ3) is 2.05. The molecular formula is C7H7F2IN2O. The van der Waals surface area contributed by atoms with Crippen LogP contribution in [0.15, 0.2) is 6.20 Å². The van der Waals surface area contributed by atoms with E-state index in [1.807, 2.05) is 0 Å². The first-order valence-electron chi connectivity index (χ1n) is 3.42. The molecule has 1 heterocycles. The Kier molecular flexibility index (Phi) is 3.37. The van der Waals surface area contributed by atoms with Crippen molar-refractivity contribution < 1.29 is 13.9 Å². The SMILES string of the molecule is NCc1ncc(I)c(C(F)F)c1O. The Bertz CT molecular complexity index is 320. The number of pyridine rings is 1. The molecule has 0 aromatic carbocycles. The van der Waals surface area contributed by atoms with Gasteiger partial charge in [-0.1, -0.05) is 0 Å². The molecule has 0 fully saturated rings. The molecule has 0 radical (unpaired) electrons. The van der Waals surface area contributed by atoms with Crippen LogP contribution in [-0.2, 0) is 6.54 Å². The summed E-state index contributed by atoms with van der Waals surface area (Å²) in [7, 11) is 0. The predicted molar refractivity (Wildman–Crippen MR) is 51.5 cm³/mol. The zero-order valence-electron chi connectivity index (χ0n) is 6.47. The van der Waals surface area contributed by atoms with Gasteiger partial charge in [0.25, 0.3) is 6.43 Å². The number of alkyl halides is 2. The van der Waals surface area contributed by atoms with Crippen molar-refractivity contribution >= 4 is 22.6 Å². The van der Waals surface area contributed by atoms with Gasteiger partial charge in [-0.3, -0.25) is 4.98 Å². The molecule has 0 aliphatic carbocycles. The summed E-state index contributed by atoms with van der Waals surface area (Å²) < 4.78 is 25.0. The molecule has 13 heavy (non-hydrogen) atoms. The molecule has 72 valence electrons. The Morgan fingerprint density at radius 1 is 1.62 bits per heavy atom. The lowest BCUT2D eigenvalue weighted by atomic mass is 10.2. The smallest absolute Gasteiger partial charge is 0.268 e. The number of nitrogens with zero attached hydrogens (tertiary/aromatic N) is 1. The van der Waals surface area contributed by atoms with E-state index in [-0.39, 0.29) is 15.8 Å². The average molecular weight is 300 g/mol. The predicted octanol–water partition coefficient (Wildman–Crippen LogP) is 1.79. The van der Waals surface area contributed by atoms with Crippen molar-refractivity contribution in [3.05, 3.63) is 21.0 Å². The monoisotopic (exact) mass is 300 g/mol. The molecule has 3 N–H and O–H groups in total. The van der Waals surface area contributed by atoms with Crippen molar-refractivity contribution in [3.63, 3.8) is 0 Å². The molecule has 0 unspecified atom stereocenters. The van der Waals surface area contributed by atoms with Crippen molar-refractivity contribution in [1.29, 1.82) is 0 Å². The molecule has 1 rings (SSSR count). The van der Waals surface area contributed by atoms with E-state index in [1.54, 1.807) is 22.6 Å². The van der Waals surface area contributed by atoms with Gasteiger partial charge >= 0.3 is 0 Å². The van der Waals surface area contributed by atoms with Gasteiger partial charge in [-0.05, 0) is 22.6 Å². The Hall–Kier alpha value is -0.500. The van der Waals surface area contributed by atoms with Gasteiger partial charge in [-0.15, -0.1) is 0 Å². The van der Waals surface area contributed by atoms with Gasteiger partial charge in [-0.25, -0.2) is 8.78 Å². The van der Waals surface area contributed by atoms with Crippen LogP contribution in [0.25, 0.3) is 0 Å². The highest BCUT2D eigenvalue weighted by atomic mass is 127. The lowest BCUT2D eigenvalue weighted by Crippen LogP contribution is -2.03. The van der Waals surface area contributed by atoms with E-state index in [4.69, 9.17) is 5.73 Å². The van der Waals surface area contributed by atoms with Crippen molar-refractivity contribution in [2.24, 2.45) is 5.73 Å². The fraction of sp³-hybridized carbons (Fsp3) is 0.286. The van der Waals surface area contributed by atoms with Gasteiger partial charge < -0.3 is 10.8 Å². The average Bonchev–Trinajstić information content (AvgIpc) is 2.04. The number of halogens is 3. The van der Waals surface area contributed by atoms with Crippen LogP contribution in [0.5, 0.6) is 5.75 Å². The minimum Gasteiger partial charge on any atom is -0.505 e. The molecule has 0 saturated heterocycles. The molecular weight excluding hydrogens is 293 g/mol. The normalized spacial score (nSPS) is 10.8. The first-order chi connectivity index (χ1) is 6.07. The largest absolute Gasteiger partial charge is 0.505 e. The molecule has 0 bridgehead atoms. The number of rotatable bonds is 2. The summed E-state index contributed by atoms with van der Waals surface area (Å²) in [6.45, 7) is -0.0531. The van der Waals surface area contributed by atoms with Crippen molar-refractivity contribution in [3.8, 4) is 5.75 Å². The second-order valence-corrected chi connectivity index (χ2v) is 3.48. The van der Waals surface area contributed by atoms with Crippen LogP contribution in [0.1, 0.15) is 17.7 Å². The summed E-state index contributed by atoms with van der Waals surface area (Å²) >= 11 is 1.69. The molecule has 0 amide bonds. The molecule has 3 nitrogen and oxygen atoms in total. The second kappa shape index (κ2) is 4.14. The van der Waals surface area contributed by atoms with E-state index in [2.05, 4.69) is 4.98 Å². The number of hydrogen-bond donors (Lipinski definition) is 2. The lowest BCUT2D eigenvalue weighted by Gasteiger charge is -2.08. The zero-order chi connectivity index (χ0) is 10.0. The van der Waals surface area contributed by atoms with Gasteiger partial charge in [0.2, 0.25) is 0 Å². The molecule has 0 atom stereocenters. The quantitative estimate of drug-likeness (QED) is 0.819. The van der Waals surface area contributed by atoms with E-state index in [1.165, 1.54) is 6.20 Å². The van der Waals surface area contributed by atoms with Crippen LogP contribution in [0.4, 0.5) is 8.78 Å². The maximum Gasteiger partial charge on any atom is 0.268 e. The topological polar surface area (TPSA) is 59.1 Å². The molecule has 1 aromatic rings. The van der Waals surface area contributed by atoms with E-state index in [0.29, 0.717) is 0 Å². The highest BCUT2D eigenvalue weighted by Gasteiger charge is 2.19. The maximum absolute atomic E-state index is 12.4. The first kappa shape index (κ1) is 10.6. The summed E-state index contributed by atoms with van der Waals surface area (Å²) in [6, 6.07) is 0. The Labute approximate surface area is 87.1 Å². The van der Waals surface area contributed by atoms with Gasteiger partial charge in [0.15, 0.2) is 0 Å². The molecule has 1 aromatic heterocycles. The van der Waals surface area contributed by atoms with Crippen LogP contribution >= 0.6 is 22.6 Å². The Morgan fingerprint density at radius 3 is 2.69 bits per heavy atom. The number of hydrogen-bond acceptors (Lipinski definition) is 3. The standard InChI is InChI=1S/C7H7F2IN2O/c8-7(9)5-3(10)2-12-4(1-11)6(5)13/h2,7,13H,1,11H2. The summed E-state index contributed by atoms with van der Waals surface area (Å²) in [4.78, 5) is 3.72. The van der Waals surface area contributed by atoms with E-state index in [0.717, 1.165) is 0 Å². The molecule has 0 saturated carbocycles. The Balaban J connectivity index is 3.30. The number of nitrogens with two attached hydrogens (primary N) is 1. The minimum absolute atomic E-state index is 0.0531. The summed E-state index contributed by atoms with van der Waals surface area (Å²) in [5.41, 5.74) is 4.90. The van der Waals surface area contributed by atoms with Crippen molar-refractivity contribution in [2.75, 3.05) is 0 Å². The van der Waals surface area contributed by atoms with E-state index >= 15 is 0 Å². The lowest BCUT2D eigenvalue weighted by molar-refractivity contribution is 0.146. The van der Waals surface area contributed by atoms with E-state index < -0.39 is 17.7 Å². The van der Waals surface area contributed by atoms with Gasteiger partial charge in [0, 0.05) is 16.3 Å². The molecule has 0 aliphatic heterocycles. The van der Waals surface area contributed by atoms with Crippen LogP contribution < -0.4 is 5.73 Å². The third-order valence-electron chi connectivity index (χ3n) is 1.53. The summed E-state index contributed by atoms with van der Waals surface area (Å²) in [6.07, 6.45) is -1.44. The third-order valence-corrected chi connectivity index (χ3v) is 2.39. The van der Waals surface area contributed by atoms with Crippen LogP contribution in [0.3, 0.4) is 0 Å². The maximum atomic E-state index is 12.4.